The fourth-order valence-electron chi connectivity index (χ4n) is 2.20. The van der Waals surface area contributed by atoms with E-state index in [2.05, 4.69) is 20.8 Å². The van der Waals surface area contributed by atoms with Crippen molar-refractivity contribution in [3.63, 3.8) is 0 Å². The summed E-state index contributed by atoms with van der Waals surface area (Å²) >= 11 is 0. The molecule has 0 spiro atoms. The molecule has 0 saturated heterocycles. The first kappa shape index (κ1) is 15.7. The first-order chi connectivity index (χ1) is 11.5. The molecule has 0 radical (unpaired) electrons. The van der Waals surface area contributed by atoms with Crippen molar-refractivity contribution in [2.45, 2.75) is 13.3 Å². The summed E-state index contributed by atoms with van der Waals surface area (Å²) in [6.45, 7) is 1.75. The summed E-state index contributed by atoms with van der Waals surface area (Å²) in [7, 11) is 0. The molecular weight excluding hydrogens is 316 g/mol. The Labute approximate surface area is 136 Å². The Morgan fingerprint density at radius 1 is 1.17 bits per heavy atom. The summed E-state index contributed by atoms with van der Waals surface area (Å²) in [5.74, 6) is 0.131. The lowest BCUT2D eigenvalue weighted by molar-refractivity contribution is 0.102. The highest BCUT2D eigenvalue weighted by atomic mass is 19.3. The van der Waals surface area contributed by atoms with Crippen molar-refractivity contribution in [1.29, 1.82) is 0 Å². The van der Waals surface area contributed by atoms with Crippen molar-refractivity contribution in [1.82, 2.24) is 20.2 Å². The number of rotatable bonds is 4. The van der Waals surface area contributed by atoms with Gasteiger partial charge in [0.2, 0.25) is 0 Å². The number of hydrogen-bond donors (Lipinski definition) is 1. The molecule has 1 N–H and O–H groups in total. The Hall–Kier alpha value is -3.16. The molecule has 6 nitrogen and oxygen atoms in total. The van der Waals surface area contributed by atoms with E-state index in [0.29, 0.717) is 17.2 Å². The maximum absolute atomic E-state index is 12.7. The predicted octanol–water partition coefficient (Wildman–Crippen LogP) is 3.16. The summed E-state index contributed by atoms with van der Waals surface area (Å²) in [5.41, 5.74) is 1.16. The average molecular weight is 329 g/mol. The molecule has 0 atom stereocenters. The molecule has 3 rings (SSSR count). The van der Waals surface area contributed by atoms with Crippen LogP contribution in [0.4, 0.5) is 14.5 Å². The standard InChI is InChI=1S/C16H13F2N5O/c1-10-20-21-22-23(10)14-7-3-6-13(9-14)19-16(24)12-5-2-4-11(8-12)15(17)18/h2-9,15H,1H3,(H,19,24). The van der Waals surface area contributed by atoms with Gasteiger partial charge in [0.1, 0.15) is 0 Å². The third kappa shape index (κ3) is 3.27. The van der Waals surface area contributed by atoms with Gasteiger partial charge in [0.05, 0.1) is 5.69 Å². The Balaban J connectivity index is 1.82. The molecule has 0 aliphatic rings. The third-order valence-electron chi connectivity index (χ3n) is 3.37. The van der Waals surface area contributed by atoms with Crippen LogP contribution >= 0.6 is 0 Å². The van der Waals surface area contributed by atoms with Crippen LogP contribution in [0.2, 0.25) is 0 Å². The summed E-state index contributed by atoms with van der Waals surface area (Å²) in [5, 5.41) is 13.9. The van der Waals surface area contributed by atoms with Gasteiger partial charge in [-0.3, -0.25) is 4.79 Å². The number of amides is 1. The van der Waals surface area contributed by atoms with E-state index in [0.717, 1.165) is 0 Å². The minimum absolute atomic E-state index is 0.164. The van der Waals surface area contributed by atoms with Crippen LogP contribution in [0.3, 0.4) is 0 Å². The summed E-state index contributed by atoms with van der Waals surface area (Å²) in [4.78, 5) is 12.3. The van der Waals surface area contributed by atoms with Gasteiger partial charge in [-0.2, -0.15) is 4.68 Å². The molecule has 3 aromatic rings. The Morgan fingerprint density at radius 2 is 1.96 bits per heavy atom. The molecular formula is C16H13F2N5O. The third-order valence-corrected chi connectivity index (χ3v) is 3.37. The van der Waals surface area contributed by atoms with Crippen molar-refractivity contribution < 1.29 is 13.6 Å². The Morgan fingerprint density at radius 3 is 2.67 bits per heavy atom. The van der Waals surface area contributed by atoms with Gasteiger partial charge >= 0.3 is 0 Å². The number of aryl methyl sites for hydroxylation is 1. The normalized spacial score (nSPS) is 10.8. The van der Waals surface area contributed by atoms with Crippen LogP contribution in [-0.4, -0.2) is 26.1 Å². The zero-order chi connectivity index (χ0) is 17.1. The minimum Gasteiger partial charge on any atom is -0.322 e. The number of hydrogen-bond acceptors (Lipinski definition) is 4. The van der Waals surface area contributed by atoms with Crippen molar-refractivity contribution >= 4 is 11.6 Å². The number of carbonyl (C=O) groups is 1. The molecule has 24 heavy (non-hydrogen) atoms. The van der Waals surface area contributed by atoms with Crippen molar-refractivity contribution in [3.8, 4) is 5.69 Å². The zero-order valence-corrected chi connectivity index (χ0v) is 12.6. The highest BCUT2D eigenvalue weighted by Crippen LogP contribution is 2.20. The Kier molecular flexibility index (Phi) is 4.28. The lowest BCUT2D eigenvalue weighted by atomic mass is 10.1. The van der Waals surface area contributed by atoms with Gasteiger partial charge in [0.15, 0.2) is 5.82 Å². The van der Waals surface area contributed by atoms with Gasteiger partial charge < -0.3 is 5.32 Å². The second kappa shape index (κ2) is 6.53. The van der Waals surface area contributed by atoms with E-state index >= 15 is 0 Å². The first-order valence-electron chi connectivity index (χ1n) is 7.09. The topological polar surface area (TPSA) is 72.7 Å². The molecule has 0 bridgehead atoms. The molecule has 8 heteroatoms. The van der Waals surface area contributed by atoms with Crippen LogP contribution in [0.1, 0.15) is 28.2 Å². The summed E-state index contributed by atoms with van der Waals surface area (Å²) in [6.07, 6.45) is -2.62. The lowest BCUT2D eigenvalue weighted by Gasteiger charge is -2.09. The number of aromatic nitrogens is 4. The number of tetrazole rings is 1. The molecule has 0 unspecified atom stereocenters. The van der Waals surface area contributed by atoms with Gasteiger partial charge in [0.25, 0.3) is 12.3 Å². The van der Waals surface area contributed by atoms with Crippen LogP contribution in [0.5, 0.6) is 0 Å². The number of nitrogens with zero attached hydrogens (tertiary/aromatic N) is 4. The number of carbonyl (C=O) groups excluding carboxylic acids is 1. The molecule has 1 aromatic heterocycles. The zero-order valence-electron chi connectivity index (χ0n) is 12.6. The monoisotopic (exact) mass is 329 g/mol. The van der Waals surface area contributed by atoms with Crippen molar-refractivity contribution in [2.24, 2.45) is 0 Å². The van der Waals surface area contributed by atoms with Crippen molar-refractivity contribution in [3.05, 3.63) is 65.5 Å². The maximum Gasteiger partial charge on any atom is 0.263 e. The maximum atomic E-state index is 12.7. The number of alkyl halides is 2. The average Bonchev–Trinajstić information content (AvgIpc) is 3.01. The van der Waals surface area contributed by atoms with E-state index in [4.69, 9.17) is 0 Å². The summed E-state index contributed by atoms with van der Waals surface area (Å²) in [6, 6.07) is 12.3. The number of halogens is 2. The van der Waals surface area contributed by atoms with Crippen molar-refractivity contribution in [2.75, 3.05) is 5.32 Å². The number of nitrogens with one attached hydrogen (secondary N) is 1. The highest BCUT2D eigenvalue weighted by molar-refractivity contribution is 6.04. The molecule has 0 aliphatic carbocycles. The number of anilines is 1. The van der Waals surface area contributed by atoms with Gasteiger partial charge in [-0.1, -0.05) is 18.2 Å². The fourth-order valence-corrected chi connectivity index (χ4v) is 2.20. The van der Waals surface area contributed by atoms with E-state index in [9.17, 15) is 13.6 Å². The van der Waals surface area contributed by atoms with E-state index < -0.39 is 12.3 Å². The minimum atomic E-state index is -2.62. The van der Waals surface area contributed by atoms with Gasteiger partial charge in [-0.25, -0.2) is 8.78 Å². The van der Waals surface area contributed by atoms with Crippen LogP contribution in [-0.2, 0) is 0 Å². The molecule has 0 fully saturated rings. The second-order valence-electron chi connectivity index (χ2n) is 5.07. The highest BCUT2D eigenvalue weighted by Gasteiger charge is 2.12. The van der Waals surface area contributed by atoms with Gasteiger partial charge in [-0.15, -0.1) is 5.10 Å². The van der Waals surface area contributed by atoms with E-state index in [1.54, 1.807) is 31.2 Å². The molecule has 1 amide bonds. The van der Waals surface area contributed by atoms with E-state index in [-0.39, 0.29) is 11.1 Å². The van der Waals surface area contributed by atoms with E-state index in [1.165, 1.54) is 28.9 Å². The Bertz CT molecular complexity index is 878. The summed E-state index contributed by atoms with van der Waals surface area (Å²) < 4.78 is 27.0. The van der Waals surface area contributed by atoms with Crippen LogP contribution in [0.15, 0.2) is 48.5 Å². The molecule has 122 valence electrons. The van der Waals surface area contributed by atoms with E-state index in [1.807, 2.05) is 0 Å². The fraction of sp³-hybridized carbons (Fsp3) is 0.125. The molecule has 0 saturated carbocycles. The van der Waals surface area contributed by atoms with Crippen LogP contribution < -0.4 is 5.32 Å². The number of benzene rings is 2. The predicted molar refractivity (Wildman–Crippen MR) is 83.2 cm³/mol. The largest absolute Gasteiger partial charge is 0.322 e. The van der Waals surface area contributed by atoms with Crippen LogP contribution in [0.25, 0.3) is 5.69 Å². The molecule has 1 heterocycles. The lowest BCUT2D eigenvalue weighted by Crippen LogP contribution is -2.12. The van der Waals surface area contributed by atoms with Gasteiger partial charge in [0, 0.05) is 16.8 Å². The molecule has 2 aromatic carbocycles. The quantitative estimate of drug-likeness (QED) is 0.798. The second-order valence-corrected chi connectivity index (χ2v) is 5.07. The van der Waals surface area contributed by atoms with Crippen LogP contribution in [0, 0.1) is 6.92 Å². The SMILES string of the molecule is Cc1nnnn1-c1cccc(NC(=O)c2cccc(C(F)F)c2)c1. The first-order valence-corrected chi connectivity index (χ1v) is 7.09. The molecule has 0 aliphatic heterocycles. The smallest absolute Gasteiger partial charge is 0.263 e. The van der Waals surface area contributed by atoms with Gasteiger partial charge in [-0.05, 0) is 47.7 Å².